The van der Waals surface area contributed by atoms with E-state index in [2.05, 4.69) is 5.32 Å². The molecule has 0 saturated heterocycles. The summed E-state index contributed by atoms with van der Waals surface area (Å²) in [5.41, 5.74) is 1.72. The molecule has 0 spiro atoms. The van der Waals surface area contributed by atoms with Gasteiger partial charge in [0.2, 0.25) is 0 Å². The molecule has 1 atom stereocenters. The van der Waals surface area contributed by atoms with Gasteiger partial charge in [0.15, 0.2) is 6.10 Å². The van der Waals surface area contributed by atoms with E-state index in [9.17, 15) is 19.7 Å². The lowest BCUT2D eigenvalue weighted by atomic mass is 10.1. The second-order valence-corrected chi connectivity index (χ2v) is 5.61. The largest absolute Gasteiger partial charge is 0.449 e. The van der Waals surface area contributed by atoms with E-state index in [4.69, 9.17) is 4.74 Å². The van der Waals surface area contributed by atoms with Crippen LogP contribution in [0.5, 0.6) is 0 Å². The number of ether oxygens (including phenoxy) is 1. The van der Waals surface area contributed by atoms with E-state index in [0.29, 0.717) is 5.69 Å². The Morgan fingerprint density at radius 1 is 1.12 bits per heavy atom. The van der Waals surface area contributed by atoms with E-state index >= 15 is 0 Å². The Hall–Kier alpha value is -3.22. The number of carbonyl (C=O) groups excluding carboxylic acids is 2. The molecular weight excluding hydrogens is 324 g/mol. The van der Waals surface area contributed by atoms with Crippen molar-refractivity contribution in [2.75, 3.05) is 5.32 Å². The lowest BCUT2D eigenvalue weighted by Crippen LogP contribution is -2.30. The molecule has 0 radical (unpaired) electrons. The molecule has 0 saturated carbocycles. The van der Waals surface area contributed by atoms with Crippen LogP contribution in [0.25, 0.3) is 0 Å². The molecule has 0 bridgehead atoms. The first-order valence-electron chi connectivity index (χ1n) is 7.62. The summed E-state index contributed by atoms with van der Waals surface area (Å²) >= 11 is 0. The molecule has 0 aliphatic carbocycles. The van der Waals surface area contributed by atoms with Crippen LogP contribution in [0.4, 0.5) is 11.4 Å². The molecule has 0 aliphatic rings. The molecule has 2 rings (SSSR count). The van der Waals surface area contributed by atoms with Crippen molar-refractivity contribution in [1.82, 2.24) is 0 Å². The first kappa shape index (κ1) is 18.1. The molecule has 1 amide bonds. The highest BCUT2D eigenvalue weighted by atomic mass is 16.6. The SMILES string of the molecule is Cc1ccc(NC(=O)[C@@H](C)OC(=O)c2cccc([N+](=O)[O-])c2C)cc1. The second-order valence-electron chi connectivity index (χ2n) is 5.61. The maximum atomic E-state index is 12.2. The number of benzene rings is 2. The standard InChI is InChI=1S/C18H18N2O5/c1-11-7-9-14(10-8-11)19-17(21)13(3)25-18(22)15-5-4-6-16(12(15)2)20(23)24/h4-10,13H,1-3H3,(H,19,21)/t13-/m1/s1. The first-order chi connectivity index (χ1) is 11.8. The van der Waals surface area contributed by atoms with Crippen LogP contribution in [0.2, 0.25) is 0 Å². The summed E-state index contributed by atoms with van der Waals surface area (Å²) in [7, 11) is 0. The van der Waals surface area contributed by atoms with E-state index < -0.39 is 22.9 Å². The Labute approximate surface area is 144 Å². The molecular formula is C18H18N2O5. The average Bonchev–Trinajstić information content (AvgIpc) is 2.56. The lowest BCUT2D eigenvalue weighted by molar-refractivity contribution is -0.385. The number of carbonyl (C=O) groups is 2. The zero-order valence-electron chi connectivity index (χ0n) is 14.1. The number of amides is 1. The summed E-state index contributed by atoms with van der Waals surface area (Å²) in [6, 6.07) is 11.3. The third-order valence-corrected chi connectivity index (χ3v) is 3.69. The minimum Gasteiger partial charge on any atom is -0.449 e. The van der Waals surface area contributed by atoms with Gasteiger partial charge in [-0.2, -0.15) is 0 Å². The maximum Gasteiger partial charge on any atom is 0.339 e. The number of esters is 1. The van der Waals surface area contributed by atoms with Crippen LogP contribution in [0, 0.1) is 24.0 Å². The van der Waals surface area contributed by atoms with Gasteiger partial charge in [0.25, 0.3) is 11.6 Å². The number of nitrogens with zero attached hydrogens (tertiary/aromatic N) is 1. The van der Waals surface area contributed by atoms with Crippen molar-refractivity contribution in [3.05, 3.63) is 69.3 Å². The highest BCUT2D eigenvalue weighted by Crippen LogP contribution is 2.22. The number of aryl methyl sites for hydroxylation is 1. The molecule has 0 aliphatic heterocycles. The molecule has 0 heterocycles. The van der Waals surface area contributed by atoms with Gasteiger partial charge in [-0.15, -0.1) is 0 Å². The maximum absolute atomic E-state index is 12.2. The van der Waals surface area contributed by atoms with Crippen molar-refractivity contribution in [3.63, 3.8) is 0 Å². The number of nitro groups is 1. The van der Waals surface area contributed by atoms with Gasteiger partial charge in [0.05, 0.1) is 10.5 Å². The topological polar surface area (TPSA) is 98.5 Å². The first-order valence-corrected chi connectivity index (χ1v) is 7.62. The molecule has 1 N–H and O–H groups in total. The Bertz CT molecular complexity index is 815. The molecule has 2 aromatic carbocycles. The summed E-state index contributed by atoms with van der Waals surface area (Å²) in [6.45, 7) is 4.83. The number of anilines is 1. The van der Waals surface area contributed by atoms with Crippen LogP contribution < -0.4 is 5.32 Å². The second kappa shape index (κ2) is 7.57. The molecule has 0 unspecified atom stereocenters. The summed E-state index contributed by atoms with van der Waals surface area (Å²) in [6.07, 6.45) is -1.05. The molecule has 2 aromatic rings. The zero-order chi connectivity index (χ0) is 18.6. The van der Waals surface area contributed by atoms with E-state index in [1.165, 1.54) is 32.0 Å². The predicted octanol–water partition coefficient (Wildman–Crippen LogP) is 3.40. The monoisotopic (exact) mass is 342 g/mol. The summed E-state index contributed by atoms with van der Waals surface area (Å²) in [5, 5.41) is 13.6. The van der Waals surface area contributed by atoms with Crippen LogP contribution in [0.15, 0.2) is 42.5 Å². The number of rotatable bonds is 5. The number of nitro benzene ring substituents is 1. The van der Waals surface area contributed by atoms with Gasteiger partial charge >= 0.3 is 5.97 Å². The number of nitrogens with one attached hydrogen (secondary N) is 1. The summed E-state index contributed by atoms with van der Waals surface area (Å²) in [4.78, 5) is 34.7. The minimum atomic E-state index is -1.05. The molecule has 25 heavy (non-hydrogen) atoms. The highest BCUT2D eigenvalue weighted by Gasteiger charge is 2.23. The Morgan fingerprint density at radius 2 is 1.76 bits per heavy atom. The van der Waals surface area contributed by atoms with Crippen molar-refractivity contribution < 1.29 is 19.2 Å². The molecule has 7 heteroatoms. The normalized spacial score (nSPS) is 11.5. The van der Waals surface area contributed by atoms with Crippen LogP contribution >= 0.6 is 0 Å². The molecule has 0 fully saturated rings. The predicted molar refractivity (Wildman–Crippen MR) is 92.5 cm³/mol. The Morgan fingerprint density at radius 3 is 2.36 bits per heavy atom. The van der Waals surface area contributed by atoms with Crippen molar-refractivity contribution in [2.45, 2.75) is 26.9 Å². The fraction of sp³-hybridized carbons (Fsp3) is 0.222. The van der Waals surface area contributed by atoms with Gasteiger partial charge in [-0.3, -0.25) is 14.9 Å². The van der Waals surface area contributed by atoms with Crippen molar-refractivity contribution in [1.29, 1.82) is 0 Å². The van der Waals surface area contributed by atoms with E-state index in [1.807, 2.05) is 19.1 Å². The summed E-state index contributed by atoms with van der Waals surface area (Å²) in [5.74, 6) is -1.27. The van der Waals surface area contributed by atoms with Crippen LogP contribution in [0.3, 0.4) is 0 Å². The Kier molecular flexibility index (Phi) is 5.49. The van der Waals surface area contributed by atoms with Gasteiger partial charge < -0.3 is 10.1 Å². The summed E-state index contributed by atoms with van der Waals surface area (Å²) < 4.78 is 5.14. The van der Waals surface area contributed by atoms with Crippen LogP contribution in [0.1, 0.15) is 28.4 Å². The van der Waals surface area contributed by atoms with Crippen molar-refractivity contribution in [3.8, 4) is 0 Å². The van der Waals surface area contributed by atoms with Crippen molar-refractivity contribution >= 4 is 23.3 Å². The van der Waals surface area contributed by atoms with Crippen LogP contribution in [-0.2, 0) is 9.53 Å². The van der Waals surface area contributed by atoms with E-state index in [0.717, 1.165) is 5.56 Å². The smallest absolute Gasteiger partial charge is 0.339 e. The van der Waals surface area contributed by atoms with Gasteiger partial charge in [-0.05, 0) is 39.0 Å². The fourth-order valence-electron chi connectivity index (χ4n) is 2.20. The van der Waals surface area contributed by atoms with Gasteiger partial charge in [-0.1, -0.05) is 23.8 Å². The fourth-order valence-corrected chi connectivity index (χ4v) is 2.20. The minimum absolute atomic E-state index is 0.0594. The number of hydrogen-bond donors (Lipinski definition) is 1. The van der Waals surface area contributed by atoms with E-state index in [-0.39, 0.29) is 16.8 Å². The number of hydrogen-bond acceptors (Lipinski definition) is 5. The van der Waals surface area contributed by atoms with Crippen molar-refractivity contribution in [2.24, 2.45) is 0 Å². The zero-order valence-corrected chi connectivity index (χ0v) is 14.1. The highest BCUT2D eigenvalue weighted by molar-refractivity contribution is 5.98. The third-order valence-electron chi connectivity index (χ3n) is 3.69. The van der Waals surface area contributed by atoms with Gasteiger partial charge in [0, 0.05) is 17.3 Å². The lowest BCUT2D eigenvalue weighted by Gasteiger charge is -2.14. The van der Waals surface area contributed by atoms with Gasteiger partial charge in [0.1, 0.15) is 0 Å². The molecule has 0 aromatic heterocycles. The molecule has 7 nitrogen and oxygen atoms in total. The third kappa shape index (κ3) is 4.41. The van der Waals surface area contributed by atoms with Crippen LogP contribution in [-0.4, -0.2) is 22.9 Å². The van der Waals surface area contributed by atoms with E-state index in [1.54, 1.807) is 12.1 Å². The molecule has 130 valence electrons. The van der Waals surface area contributed by atoms with Gasteiger partial charge in [-0.25, -0.2) is 4.79 Å². The quantitative estimate of drug-likeness (QED) is 0.510. The Balaban J connectivity index is 2.07. The average molecular weight is 342 g/mol.